The standard InChI is InChI=1S/C26H41NO5/c1-16(2)26-14-20(27-21(29)15-28)25(4,32-26)19-12-10-17(3)23(19)24(26)31-22(30)13-11-18-8-6-5-7-9-18/h11,13,16-20,23-24,28H,5-10,12,14-15H2,1-4H3,(H,27,29)/b13-11+/t17-,19-,20-,23-,24+,25?,26-/m1/s1. The first-order chi connectivity index (χ1) is 15.2. The molecule has 1 unspecified atom stereocenters. The minimum atomic E-state index is -0.643. The average Bonchev–Trinajstić information content (AvgIpc) is 3.28. The molecule has 2 heterocycles. The molecule has 4 aliphatic rings. The van der Waals surface area contributed by atoms with Crippen LogP contribution in [0.2, 0.25) is 0 Å². The zero-order valence-corrected chi connectivity index (χ0v) is 20.1. The number of aliphatic hydroxyl groups excluding tert-OH is 1. The van der Waals surface area contributed by atoms with Crippen molar-refractivity contribution in [3.63, 3.8) is 0 Å². The number of aliphatic hydroxyl groups is 1. The average molecular weight is 448 g/mol. The number of carbonyl (C=O) groups excluding carboxylic acids is 2. The SMILES string of the molecule is CC(C)[C@@]12C[C@@H](NC(=O)CO)C(C)(O1)[C@@H]1CC[C@@H](C)[C@H]1[C@@H]2OC(=O)/C=C/C1CCCCC1. The number of hydrogen-bond donors (Lipinski definition) is 2. The number of allylic oxidation sites excluding steroid dienone is 1. The minimum Gasteiger partial charge on any atom is -0.456 e. The fourth-order valence-corrected chi connectivity index (χ4v) is 7.28. The molecule has 1 amide bonds. The van der Waals surface area contributed by atoms with Gasteiger partial charge in [0.05, 0.1) is 11.6 Å². The lowest BCUT2D eigenvalue weighted by atomic mass is 9.69. The molecule has 2 aliphatic carbocycles. The van der Waals surface area contributed by atoms with E-state index in [0.29, 0.717) is 18.3 Å². The highest BCUT2D eigenvalue weighted by Gasteiger charge is 2.71. The summed E-state index contributed by atoms with van der Waals surface area (Å²) in [7, 11) is 0. The highest BCUT2D eigenvalue weighted by Crippen LogP contribution is 2.62. The zero-order valence-electron chi connectivity index (χ0n) is 20.1. The Hall–Kier alpha value is -1.40. The van der Waals surface area contributed by atoms with E-state index in [4.69, 9.17) is 9.47 Å². The Morgan fingerprint density at radius 3 is 2.56 bits per heavy atom. The molecule has 32 heavy (non-hydrogen) atoms. The Morgan fingerprint density at radius 1 is 1.19 bits per heavy atom. The quantitative estimate of drug-likeness (QED) is 0.478. The van der Waals surface area contributed by atoms with Crippen molar-refractivity contribution in [1.29, 1.82) is 0 Å². The molecule has 7 atom stereocenters. The van der Waals surface area contributed by atoms with E-state index < -0.39 is 17.8 Å². The minimum absolute atomic E-state index is 0.117. The number of carbonyl (C=O) groups is 2. The fourth-order valence-electron chi connectivity index (χ4n) is 7.28. The van der Waals surface area contributed by atoms with Gasteiger partial charge in [-0.2, -0.15) is 0 Å². The molecule has 0 aromatic rings. The van der Waals surface area contributed by atoms with Crippen LogP contribution >= 0.6 is 0 Å². The number of rotatable bonds is 6. The van der Waals surface area contributed by atoms with Gasteiger partial charge < -0.3 is 19.9 Å². The zero-order chi connectivity index (χ0) is 23.1. The van der Waals surface area contributed by atoms with Crippen LogP contribution in [0.1, 0.15) is 79.1 Å². The number of esters is 1. The van der Waals surface area contributed by atoms with Crippen molar-refractivity contribution in [2.75, 3.05) is 6.61 Å². The predicted molar refractivity (Wildman–Crippen MR) is 122 cm³/mol. The molecule has 0 spiro atoms. The van der Waals surface area contributed by atoms with Crippen LogP contribution in [0.4, 0.5) is 0 Å². The van der Waals surface area contributed by atoms with Crippen LogP contribution in [0, 0.1) is 29.6 Å². The Labute approximate surface area is 192 Å². The number of nitrogens with one attached hydrogen (secondary N) is 1. The lowest BCUT2D eigenvalue weighted by Gasteiger charge is -2.53. The molecular formula is C26H41NO5. The van der Waals surface area contributed by atoms with Gasteiger partial charge in [-0.05, 0) is 56.3 Å². The van der Waals surface area contributed by atoms with Crippen LogP contribution < -0.4 is 5.32 Å². The van der Waals surface area contributed by atoms with Crippen LogP contribution in [-0.2, 0) is 19.1 Å². The molecule has 2 N–H and O–H groups in total. The molecular weight excluding hydrogens is 406 g/mol. The van der Waals surface area contributed by atoms with Gasteiger partial charge in [0.15, 0.2) is 0 Å². The second-order valence-electron chi connectivity index (χ2n) is 11.2. The lowest BCUT2D eigenvalue weighted by molar-refractivity contribution is -0.259. The van der Waals surface area contributed by atoms with Crippen LogP contribution in [0.3, 0.4) is 0 Å². The molecule has 4 fully saturated rings. The highest BCUT2D eigenvalue weighted by atomic mass is 16.6. The van der Waals surface area contributed by atoms with Crippen molar-refractivity contribution in [2.24, 2.45) is 29.6 Å². The van der Waals surface area contributed by atoms with Crippen LogP contribution in [-0.4, -0.2) is 46.9 Å². The van der Waals surface area contributed by atoms with Crippen molar-refractivity contribution in [2.45, 2.75) is 102 Å². The molecule has 180 valence electrons. The molecule has 2 aliphatic heterocycles. The van der Waals surface area contributed by atoms with Crippen molar-refractivity contribution in [3.8, 4) is 0 Å². The molecule has 0 aromatic heterocycles. The molecule has 4 rings (SSSR count). The van der Waals surface area contributed by atoms with Gasteiger partial charge in [-0.1, -0.05) is 46.1 Å². The molecule has 2 bridgehead atoms. The van der Waals surface area contributed by atoms with E-state index >= 15 is 0 Å². The molecule has 6 heteroatoms. The van der Waals surface area contributed by atoms with Crippen molar-refractivity contribution in [1.82, 2.24) is 5.32 Å². The Balaban J connectivity index is 1.61. The molecule has 0 radical (unpaired) electrons. The first kappa shape index (κ1) is 23.7. The van der Waals surface area contributed by atoms with E-state index in [2.05, 4.69) is 33.0 Å². The Bertz CT molecular complexity index is 744. The van der Waals surface area contributed by atoms with Gasteiger partial charge in [0, 0.05) is 18.4 Å². The summed E-state index contributed by atoms with van der Waals surface area (Å²) in [4.78, 5) is 25.1. The Morgan fingerprint density at radius 2 is 1.91 bits per heavy atom. The molecule has 6 nitrogen and oxygen atoms in total. The molecule has 0 aromatic carbocycles. The van der Waals surface area contributed by atoms with Crippen molar-refractivity contribution in [3.05, 3.63) is 12.2 Å². The van der Waals surface area contributed by atoms with Gasteiger partial charge in [-0.15, -0.1) is 0 Å². The second kappa shape index (κ2) is 9.09. The maximum atomic E-state index is 13.0. The van der Waals surface area contributed by atoms with Gasteiger partial charge in [-0.25, -0.2) is 4.79 Å². The van der Waals surface area contributed by atoms with Crippen molar-refractivity contribution >= 4 is 11.9 Å². The summed E-state index contributed by atoms with van der Waals surface area (Å²) in [6, 6.07) is -0.205. The third-order valence-electron chi connectivity index (χ3n) is 9.10. The van der Waals surface area contributed by atoms with Crippen molar-refractivity contribution < 1.29 is 24.2 Å². The maximum absolute atomic E-state index is 13.0. The lowest BCUT2D eigenvalue weighted by Crippen LogP contribution is -2.63. The van der Waals surface area contributed by atoms with E-state index in [1.165, 1.54) is 19.3 Å². The number of amides is 1. The van der Waals surface area contributed by atoms with Crippen LogP contribution in [0.15, 0.2) is 12.2 Å². The van der Waals surface area contributed by atoms with Crippen LogP contribution in [0.5, 0.6) is 0 Å². The first-order valence-electron chi connectivity index (χ1n) is 12.7. The molecule has 2 saturated heterocycles. The van der Waals surface area contributed by atoms with Gasteiger partial charge >= 0.3 is 5.97 Å². The normalized spacial score (nSPS) is 41.8. The largest absolute Gasteiger partial charge is 0.456 e. The summed E-state index contributed by atoms with van der Waals surface area (Å²) in [6.45, 7) is 8.07. The second-order valence-corrected chi connectivity index (χ2v) is 11.2. The third kappa shape index (κ3) is 4.02. The first-order valence-corrected chi connectivity index (χ1v) is 12.7. The van der Waals surface area contributed by atoms with Crippen LogP contribution in [0.25, 0.3) is 0 Å². The summed E-state index contributed by atoms with van der Waals surface area (Å²) in [5, 5.41) is 12.4. The van der Waals surface area contributed by atoms with E-state index in [1.807, 2.05) is 6.08 Å². The monoisotopic (exact) mass is 447 g/mol. The summed E-state index contributed by atoms with van der Waals surface area (Å²) >= 11 is 0. The maximum Gasteiger partial charge on any atom is 0.330 e. The summed E-state index contributed by atoms with van der Waals surface area (Å²) < 4.78 is 13.1. The number of fused-ring (bicyclic) bond motifs is 4. The third-order valence-corrected chi connectivity index (χ3v) is 9.10. The molecule has 2 saturated carbocycles. The van der Waals surface area contributed by atoms with Gasteiger partial charge in [0.25, 0.3) is 0 Å². The van der Waals surface area contributed by atoms with E-state index in [0.717, 1.165) is 25.7 Å². The van der Waals surface area contributed by atoms with Gasteiger partial charge in [-0.3, -0.25) is 4.79 Å². The van der Waals surface area contributed by atoms with Gasteiger partial charge in [0.1, 0.15) is 18.3 Å². The van der Waals surface area contributed by atoms with Gasteiger partial charge in [0.2, 0.25) is 5.91 Å². The topological polar surface area (TPSA) is 84.9 Å². The predicted octanol–water partition coefficient (Wildman–Crippen LogP) is 3.76. The smallest absolute Gasteiger partial charge is 0.330 e. The fraction of sp³-hybridized carbons (Fsp3) is 0.846. The Kier molecular flexibility index (Phi) is 6.75. The van der Waals surface area contributed by atoms with E-state index in [9.17, 15) is 14.7 Å². The number of hydrogen-bond acceptors (Lipinski definition) is 5. The highest BCUT2D eigenvalue weighted by molar-refractivity contribution is 5.82. The summed E-state index contributed by atoms with van der Waals surface area (Å²) in [5.41, 5.74) is -1.17. The summed E-state index contributed by atoms with van der Waals surface area (Å²) in [5.74, 6) is 0.783. The number of ether oxygens (including phenoxy) is 2. The van der Waals surface area contributed by atoms with E-state index in [1.54, 1.807) is 6.08 Å². The van der Waals surface area contributed by atoms with E-state index in [-0.39, 0.29) is 41.8 Å². The summed E-state index contributed by atoms with van der Waals surface area (Å²) in [6.07, 6.45) is 12.1.